The summed E-state index contributed by atoms with van der Waals surface area (Å²) in [6.45, 7) is 4.95. The number of nitrogens with one attached hydrogen (secondary N) is 1. The largest absolute Gasteiger partial charge is 0.445 e. The minimum absolute atomic E-state index is 0.198. The molecule has 1 saturated heterocycles. The second-order valence-corrected chi connectivity index (χ2v) is 11.1. The number of carbonyl (C=O) groups is 2. The van der Waals surface area contributed by atoms with Gasteiger partial charge in [-0.2, -0.15) is 4.31 Å². The highest BCUT2D eigenvalue weighted by Gasteiger charge is 2.39. The van der Waals surface area contributed by atoms with Crippen LogP contribution in [0.1, 0.15) is 28.8 Å². The van der Waals surface area contributed by atoms with E-state index in [1.807, 2.05) is 36.4 Å². The Morgan fingerprint density at radius 3 is 2.56 bits per heavy atom. The molecule has 1 aromatic heterocycles. The molecule has 1 aromatic carbocycles. The van der Waals surface area contributed by atoms with Crippen LogP contribution < -0.4 is 5.32 Å². The fourth-order valence-electron chi connectivity index (χ4n) is 3.91. The number of benzene rings is 1. The average molecular weight is 476 g/mol. The molecule has 2 aromatic rings. The SMILES string of the molecule is C=CC(=O)Nc1cc2c(s1)CN(S(=O)(=O)C1CCN(C(=O)OCc3ccccc3)CC1)C2. The third kappa shape index (κ3) is 4.87. The van der Waals surface area contributed by atoms with Crippen LogP contribution >= 0.6 is 11.3 Å². The lowest BCUT2D eigenvalue weighted by atomic mass is 10.1. The minimum atomic E-state index is -3.49. The van der Waals surface area contributed by atoms with E-state index in [0.29, 0.717) is 44.0 Å². The molecule has 2 aliphatic heterocycles. The van der Waals surface area contributed by atoms with E-state index in [4.69, 9.17) is 4.74 Å². The summed E-state index contributed by atoms with van der Waals surface area (Å²) >= 11 is 1.38. The van der Waals surface area contributed by atoms with Crippen molar-refractivity contribution in [1.82, 2.24) is 9.21 Å². The van der Waals surface area contributed by atoms with Crippen molar-refractivity contribution in [2.24, 2.45) is 0 Å². The van der Waals surface area contributed by atoms with Crippen LogP contribution in [0.2, 0.25) is 0 Å². The molecule has 2 amide bonds. The van der Waals surface area contributed by atoms with Gasteiger partial charge in [0.1, 0.15) is 6.61 Å². The summed E-state index contributed by atoms with van der Waals surface area (Å²) in [6, 6.07) is 11.3. The zero-order valence-corrected chi connectivity index (χ0v) is 19.2. The van der Waals surface area contributed by atoms with Crippen LogP contribution in [-0.4, -0.2) is 48.0 Å². The molecule has 0 aliphatic carbocycles. The standard InChI is InChI=1S/C22H25N3O5S2/c1-2-20(26)23-21-12-17-13-25(14-19(17)31-21)32(28,29)18-8-10-24(11-9-18)22(27)30-15-16-6-4-3-5-7-16/h2-7,12,18H,1,8-11,13-15H2,(H,23,26). The molecule has 0 spiro atoms. The van der Waals surface area contributed by atoms with Gasteiger partial charge in [0, 0.05) is 31.1 Å². The minimum Gasteiger partial charge on any atom is -0.445 e. The van der Waals surface area contributed by atoms with Crippen LogP contribution in [0.5, 0.6) is 0 Å². The third-order valence-electron chi connectivity index (χ3n) is 5.68. The second kappa shape index (κ2) is 9.43. The van der Waals surface area contributed by atoms with Gasteiger partial charge in [-0.3, -0.25) is 4.79 Å². The first-order valence-corrected chi connectivity index (χ1v) is 12.7. The van der Waals surface area contributed by atoms with E-state index in [1.54, 1.807) is 4.90 Å². The molecule has 1 N–H and O–H groups in total. The van der Waals surface area contributed by atoms with Crippen LogP contribution in [-0.2, 0) is 39.3 Å². The number of thiophene rings is 1. The Bertz CT molecular complexity index is 1080. The Morgan fingerprint density at radius 1 is 1.19 bits per heavy atom. The van der Waals surface area contributed by atoms with E-state index in [1.165, 1.54) is 21.7 Å². The summed E-state index contributed by atoms with van der Waals surface area (Å²) in [5, 5.41) is 2.89. The molecule has 0 saturated carbocycles. The van der Waals surface area contributed by atoms with E-state index in [9.17, 15) is 18.0 Å². The van der Waals surface area contributed by atoms with Gasteiger partial charge in [0.25, 0.3) is 0 Å². The van der Waals surface area contributed by atoms with E-state index in [0.717, 1.165) is 16.0 Å². The highest BCUT2D eigenvalue weighted by atomic mass is 32.2. The molecule has 32 heavy (non-hydrogen) atoms. The lowest BCUT2D eigenvalue weighted by molar-refractivity contribution is -0.111. The van der Waals surface area contributed by atoms with E-state index >= 15 is 0 Å². The van der Waals surface area contributed by atoms with Crippen molar-refractivity contribution in [1.29, 1.82) is 0 Å². The normalized spacial score (nSPS) is 17.1. The van der Waals surface area contributed by atoms with Gasteiger partial charge in [-0.05, 0) is 36.1 Å². The Labute approximate surface area is 191 Å². The number of hydrogen-bond donors (Lipinski definition) is 1. The molecular formula is C22H25N3O5S2. The molecular weight excluding hydrogens is 450 g/mol. The number of piperidine rings is 1. The predicted molar refractivity (Wildman–Crippen MR) is 123 cm³/mol. The van der Waals surface area contributed by atoms with Crippen LogP contribution in [0.3, 0.4) is 0 Å². The topological polar surface area (TPSA) is 96.0 Å². The van der Waals surface area contributed by atoms with Crippen molar-refractivity contribution < 1.29 is 22.7 Å². The maximum absolute atomic E-state index is 13.2. The molecule has 0 radical (unpaired) electrons. The lowest BCUT2D eigenvalue weighted by Crippen LogP contribution is -2.45. The van der Waals surface area contributed by atoms with Gasteiger partial charge in [-0.15, -0.1) is 11.3 Å². The summed E-state index contributed by atoms with van der Waals surface area (Å²) in [5.41, 5.74) is 1.83. The van der Waals surface area contributed by atoms with Crippen LogP contribution in [0.25, 0.3) is 0 Å². The number of nitrogens with zero attached hydrogens (tertiary/aromatic N) is 2. The van der Waals surface area contributed by atoms with Crippen LogP contribution in [0.15, 0.2) is 49.1 Å². The molecule has 0 atom stereocenters. The number of sulfonamides is 1. The molecule has 3 heterocycles. The van der Waals surface area contributed by atoms with E-state index < -0.39 is 21.4 Å². The highest BCUT2D eigenvalue weighted by molar-refractivity contribution is 7.89. The summed E-state index contributed by atoms with van der Waals surface area (Å²) in [4.78, 5) is 26.3. The number of likely N-dealkylation sites (tertiary alicyclic amines) is 1. The smallest absolute Gasteiger partial charge is 0.410 e. The fraction of sp³-hybridized carbons (Fsp3) is 0.364. The van der Waals surface area contributed by atoms with Crippen molar-refractivity contribution in [3.63, 3.8) is 0 Å². The van der Waals surface area contributed by atoms with Crippen molar-refractivity contribution in [3.8, 4) is 0 Å². The van der Waals surface area contributed by atoms with Crippen LogP contribution in [0, 0.1) is 0 Å². The average Bonchev–Trinajstić information content (AvgIpc) is 3.37. The van der Waals surface area contributed by atoms with E-state index in [-0.39, 0.29) is 12.5 Å². The molecule has 8 nitrogen and oxygen atoms in total. The van der Waals surface area contributed by atoms with Gasteiger partial charge >= 0.3 is 6.09 Å². The summed E-state index contributed by atoms with van der Waals surface area (Å²) in [7, 11) is -3.49. The molecule has 2 aliphatic rings. The molecule has 1 fully saturated rings. The predicted octanol–water partition coefficient (Wildman–Crippen LogP) is 3.32. The zero-order valence-electron chi connectivity index (χ0n) is 17.5. The van der Waals surface area contributed by atoms with Gasteiger partial charge in [0.2, 0.25) is 15.9 Å². The van der Waals surface area contributed by atoms with Crippen molar-refractivity contribution in [2.75, 3.05) is 18.4 Å². The number of fused-ring (bicyclic) bond motifs is 1. The summed E-state index contributed by atoms with van der Waals surface area (Å²) in [6.07, 6.45) is 1.55. The van der Waals surface area contributed by atoms with Crippen molar-refractivity contribution in [2.45, 2.75) is 37.8 Å². The Morgan fingerprint density at radius 2 is 1.91 bits per heavy atom. The first-order valence-electron chi connectivity index (χ1n) is 10.4. The van der Waals surface area contributed by atoms with Crippen LogP contribution in [0.4, 0.5) is 9.80 Å². The molecule has 170 valence electrons. The zero-order chi connectivity index (χ0) is 22.7. The number of rotatable bonds is 6. The number of amides is 2. The first kappa shape index (κ1) is 22.5. The molecule has 0 bridgehead atoms. The quantitative estimate of drug-likeness (QED) is 0.647. The number of ether oxygens (including phenoxy) is 1. The van der Waals surface area contributed by atoms with Crippen molar-refractivity contribution in [3.05, 3.63) is 65.1 Å². The number of carbonyl (C=O) groups excluding carboxylic acids is 2. The maximum atomic E-state index is 13.2. The monoisotopic (exact) mass is 475 g/mol. The van der Waals surface area contributed by atoms with Gasteiger partial charge < -0.3 is 15.0 Å². The number of anilines is 1. The Hall–Kier alpha value is -2.69. The molecule has 10 heteroatoms. The molecule has 4 rings (SSSR count). The summed E-state index contributed by atoms with van der Waals surface area (Å²) < 4.78 is 33.2. The maximum Gasteiger partial charge on any atom is 0.410 e. The van der Waals surface area contributed by atoms with Gasteiger partial charge in [-0.1, -0.05) is 36.9 Å². The highest BCUT2D eigenvalue weighted by Crippen LogP contribution is 2.37. The fourth-order valence-corrected chi connectivity index (χ4v) is 6.94. The number of hydrogen-bond acceptors (Lipinski definition) is 6. The first-order chi connectivity index (χ1) is 15.4. The van der Waals surface area contributed by atoms with Crippen molar-refractivity contribution >= 4 is 38.4 Å². The van der Waals surface area contributed by atoms with Gasteiger partial charge in [0.05, 0.1) is 10.3 Å². The van der Waals surface area contributed by atoms with Gasteiger partial charge in [-0.25, -0.2) is 13.2 Å². The lowest BCUT2D eigenvalue weighted by Gasteiger charge is -2.33. The Balaban J connectivity index is 1.29. The molecule has 0 unspecified atom stereocenters. The Kier molecular flexibility index (Phi) is 6.63. The second-order valence-electron chi connectivity index (χ2n) is 7.79. The van der Waals surface area contributed by atoms with Gasteiger partial charge in [0.15, 0.2) is 0 Å². The third-order valence-corrected chi connectivity index (χ3v) is 9.05. The summed E-state index contributed by atoms with van der Waals surface area (Å²) in [5.74, 6) is -0.288. The van der Waals surface area contributed by atoms with E-state index in [2.05, 4.69) is 11.9 Å².